The van der Waals surface area contributed by atoms with Gasteiger partial charge in [-0.2, -0.15) is 0 Å². The first-order chi connectivity index (χ1) is 11.1. The van der Waals surface area contributed by atoms with Crippen molar-refractivity contribution < 1.29 is 18.8 Å². The molecule has 0 saturated carbocycles. The molecule has 1 aromatic heterocycles. The molecule has 0 atom stereocenters. The summed E-state index contributed by atoms with van der Waals surface area (Å²) in [5, 5.41) is 7.55. The molecule has 1 aliphatic heterocycles. The molecular weight excluding hydrogens is 298 g/mol. The fourth-order valence-electron chi connectivity index (χ4n) is 2.82. The minimum Gasteiger partial charge on any atom is -0.381 e. The van der Waals surface area contributed by atoms with E-state index in [9.17, 15) is 9.59 Å². The Kier molecular flexibility index (Phi) is 4.29. The van der Waals surface area contributed by atoms with Gasteiger partial charge in [0.15, 0.2) is 5.58 Å². The molecule has 1 aliphatic rings. The van der Waals surface area contributed by atoms with Crippen molar-refractivity contribution in [2.45, 2.75) is 19.3 Å². The highest BCUT2D eigenvalue weighted by molar-refractivity contribution is 5.87. The monoisotopic (exact) mass is 317 g/mol. The Hall–Kier alpha value is -2.41. The fraction of sp³-hybridized carbons (Fsp3) is 0.438. The van der Waals surface area contributed by atoms with Gasteiger partial charge in [0.2, 0.25) is 11.8 Å². The summed E-state index contributed by atoms with van der Waals surface area (Å²) in [6.45, 7) is 1.18. The van der Waals surface area contributed by atoms with Crippen LogP contribution >= 0.6 is 0 Å². The van der Waals surface area contributed by atoms with E-state index >= 15 is 0 Å². The summed E-state index contributed by atoms with van der Waals surface area (Å²) in [6.07, 6.45) is 1.15. The van der Waals surface area contributed by atoms with Crippen molar-refractivity contribution in [1.29, 1.82) is 0 Å². The summed E-state index contributed by atoms with van der Waals surface area (Å²) in [5.74, 6) is -0.607. The maximum absolute atomic E-state index is 12.2. The minimum absolute atomic E-state index is 0.0996. The van der Waals surface area contributed by atoms with Gasteiger partial charge in [-0.15, -0.1) is 0 Å². The van der Waals surface area contributed by atoms with Crippen LogP contribution in [0.3, 0.4) is 0 Å². The number of hydrogen-bond donors (Lipinski definition) is 2. The highest BCUT2D eigenvalue weighted by Gasteiger charge is 2.38. The molecule has 1 fully saturated rings. The molecule has 3 rings (SSSR count). The second-order valence-corrected chi connectivity index (χ2v) is 5.84. The van der Waals surface area contributed by atoms with Crippen LogP contribution in [0.1, 0.15) is 18.5 Å². The molecule has 7 heteroatoms. The quantitative estimate of drug-likeness (QED) is 0.847. The standard InChI is InChI=1S/C16H19N3O4/c17-15(21)16(5-7-22-8-6-16)10-18-14(20)9-12-11-3-1-2-4-13(11)23-19-12/h1-4H,5-10H2,(H2,17,21)(H,18,20). The number of nitrogens with one attached hydrogen (secondary N) is 1. The van der Waals surface area contributed by atoms with Gasteiger partial charge in [-0.3, -0.25) is 9.59 Å². The van der Waals surface area contributed by atoms with Crippen LogP contribution in [0.2, 0.25) is 0 Å². The first-order valence-corrected chi connectivity index (χ1v) is 7.58. The third-order valence-electron chi connectivity index (χ3n) is 4.38. The molecule has 0 spiro atoms. The predicted molar refractivity (Wildman–Crippen MR) is 82.4 cm³/mol. The Morgan fingerprint density at radius 3 is 2.74 bits per heavy atom. The van der Waals surface area contributed by atoms with Crippen LogP contribution in [0.4, 0.5) is 0 Å². The van der Waals surface area contributed by atoms with Crippen LogP contribution in [0, 0.1) is 5.41 Å². The Balaban J connectivity index is 1.64. The number of nitrogens with zero attached hydrogens (tertiary/aromatic N) is 1. The molecular formula is C16H19N3O4. The molecule has 122 valence electrons. The van der Waals surface area contributed by atoms with E-state index in [4.69, 9.17) is 15.0 Å². The van der Waals surface area contributed by atoms with E-state index in [0.29, 0.717) is 37.3 Å². The number of carbonyl (C=O) groups excluding carboxylic acids is 2. The van der Waals surface area contributed by atoms with E-state index in [1.807, 2.05) is 18.2 Å². The zero-order valence-electron chi connectivity index (χ0n) is 12.7. The number of primary amides is 1. The van der Waals surface area contributed by atoms with E-state index in [1.54, 1.807) is 6.07 Å². The summed E-state index contributed by atoms with van der Waals surface area (Å²) >= 11 is 0. The number of para-hydroxylation sites is 1. The third kappa shape index (κ3) is 3.19. The molecule has 0 bridgehead atoms. The van der Waals surface area contributed by atoms with Crippen LogP contribution < -0.4 is 11.1 Å². The average molecular weight is 317 g/mol. The van der Waals surface area contributed by atoms with E-state index < -0.39 is 11.3 Å². The van der Waals surface area contributed by atoms with E-state index in [0.717, 1.165) is 5.39 Å². The van der Waals surface area contributed by atoms with Crippen LogP contribution in [0.15, 0.2) is 28.8 Å². The molecule has 23 heavy (non-hydrogen) atoms. The molecule has 0 aliphatic carbocycles. The summed E-state index contributed by atoms with van der Waals surface area (Å²) in [7, 11) is 0. The second-order valence-electron chi connectivity index (χ2n) is 5.84. The number of carbonyl (C=O) groups is 2. The largest absolute Gasteiger partial charge is 0.381 e. The van der Waals surface area contributed by atoms with Gasteiger partial charge < -0.3 is 20.3 Å². The molecule has 7 nitrogen and oxygen atoms in total. The molecule has 1 aromatic carbocycles. The van der Waals surface area contributed by atoms with Crippen LogP contribution in [-0.2, 0) is 20.7 Å². The van der Waals surface area contributed by atoms with Crippen molar-refractivity contribution >= 4 is 22.8 Å². The molecule has 2 heterocycles. The van der Waals surface area contributed by atoms with E-state index in [1.165, 1.54) is 0 Å². The van der Waals surface area contributed by atoms with Crippen LogP contribution in [-0.4, -0.2) is 36.7 Å². The average Bonchev–Trinajstić information content (AvgIpc) is 2.97. The van der Waals surface area contributed by atoms with Crippen molar-refractivity contribution in [3.8, 4) is 0 Å². The Morgan fingerprint density at radius 2 is 2.00 bits per heavy atom. The molecule has 2 aromatic rings. The zero-order chi connectivity index (χ0) is 16.3. The number of nitrogens with two attached hydrogens (primary N) is 1. The van der Waals surface area contributed by atoms with Crippen molar-refractivity contribution in [2.24, 2.45) is 11.1 Å². The molecule has 2 amide bonds. The Bertz CT molecular complexity index is 719. The lowest BCUT2D eigenvalue weighted by atomic mass is 9.79. The maximum Gasteiger partial charge on any atom is 0.226 e. The lowest BCUT2D eigenvalue weighted by Gasteiger charge is -2.34. The number of hydrogen-bond acceptors (Lipinski definition) is 5. The fourth-order valence-corrected chi connectivity index (χ4v) is 2.82. The Labute approximate surface area is 133 Å². The van der Waals surface area contributed by atoms with Crippen LogP contribution in [0.5, 0.6) is 0 Å². The SMILES string of the molecule is NC(=O)C1(CNC(=O)Cc2noc3ccccc23)CCOCC1. The van der Waals surface area contributed by atoms with Gasteiger partial charge in [0.1, 0.15) is 5.69 Å². The third-order valence-corrected chi connectivity index (χ3v) is 4.38. The number of fused-ring (bicyclic) bond motifs is 1. The van der Waals surface area contributed by atoms with E-state index in [2.05, 4.69) is 10.5 Å². The van der Waals surface area contributed by atoms with Gasteiger partial charge in [0.05, 0.1) is 11.8 Å². The summed E-state index contributed by atoms with van der Waals surface area (Å²) in [6, 6.07) is 7.37. The van der Waals surface area contributed by atoms with Gasteiger partial charge in [-0.25, -0.2) is 0 Å². The zero-order valence-corrected chi connectivity index (χ0v) is 12.7. The van der Waals surface area contributed by atoms with Crippen molar-refractivity contribution in [1.82, 2.24) is 10.5 Å². The number of rotatable bonds is 5. The summed E-state index contributed by atoms with van der Waals surface area (Å²) in [4.78, 5) is 24.0. The number of amides is 2. The number of benzene rings is 1. The summed E-state index contributed by atoms with van der Waals surface area (Å²) < 4.78 is 10.5. The smallest absolute Gasteiger partial charge is 0.226 e. The number of ether oxygens (including phenoxy) is 1. The second kappa shape index (κ2) is 6.37. The normalized spacial score (nSPS) is 17.0. The molecule has 3 N–H and O–H groups in total. The van der Waals surface area contributed by atoms with Gasteiger partial charge in [-0.05, 0) is 25.0 Å². The van der Waals surface area contributed by atoms with Gasteiger partial charge >= 0.3 is 0 Å². The minimum atomic E-state index is -0.722. The highest BCUT2D eigenvalue weighted by atomic mass is 16.5. The predicted octanol–water partition coefficient (Wildman–Crippen LogP) is 0.769. The van der Waals surface area contributed by atoms with Gasteiger partial charge in [0.25, 0.3) is 0 Å². The maximum atomic E-state index is 12.2. The molecule has 0 unspecified atom stereocenters. The molecule has 1 saturated heterocycles. The van der Waals surface area contributed by atoms with Crippen molar-refractivity contribution in [2.75, 3.05) is 19.8 Å². The van der Waals surface area contributed by atoms with Gasteiger partial charge in [-0.1, -0.05) is 17.3 Å². The first-order valence-electron chi connectivity index (χ1n) is 7.58. The Morgan fingerprint density at radius 1 is 1.26 bits per heavy atom. The van der Waals surface area contributed by atoms with Gasteiger partial charge in [0, 0.05) is 25.1 Å². The topological polar surface area (TPSA) is 107 Å². The summed E-state index contributed by atoms with van der Waals surface area (Å²) in [5.41, 5.74) is 6.03. The lowest BCUT2D eigenvalue weighted by Crippen LogP contribution is -2.49. The number of aromatic nitrogens is 1. The highest BCUT2D eigenvalue weighted by Crippen LogP contribution is 2.29. The van der Waals surface area contributed by atoms with Crippen molar-refractivity contribution in [3.05, 3.63) is 30.0 Å². The first kappa shape index (κ1) is 15.5. The van der Waals surface area contributed by atoms with Crippen LogP contribution in [0.25, 0.3) is 11.0 Å². The molecule has 0 radical (unpaired) electrons. The van der Waals surface area contributed by atoms with E-state index in [-0.39, 0.29) is 18.9 Å². The van der Waals surface area contributed by atoms with Crippen molar-refractivity contribution in [3.63, 3.8) is 0 Å². The lowest BCUT2D eigenvalue weighted by molar-refractivity contribution is -0.133.